The summed E-state index contributed by atoms with van der Waals surface area (Å²) >= 11 is 0. The second-order valence-electron chi connectivity index (χ2n) is 16.5. The molecule has 1 saturated heterocycles. The third-order valence-corrected chi connectivity index (χ3v) is 11.4. The van der Waals surface area contributed by atoms with Crippen LogP contribution in [-0.2, 0) is 46.5 Å². The molecule has 0 saturated carbocycles. The van der Waals surface area contributed by atoms with Crippen LogP contribution in [-0.4, -0.2) is 82.6 Å². The molecule has 1 aliphatic rings. The average Bonchev–Trinajstić information content (AvgIpc) is 3.99. The van der Waals surface area contributed by atoms with E-state index in [1.54, 1.807) is 0 Å². The predicted octanol–water partition coefficient (Wildman–Crippen LogP) is 11.2. The van der Waals surface area contributed by atoms with Crippen LogP contribution in [0.15, 0.2) is 60.8 Å². The summed E-state index contributed by atoms with van der Waals surface area (Å²) in [4.78, 5) is 52.8. The zero-order valence-corrected chi connectivity index (χ0v) is 40.3. The molecule has 0 aromatic carbocycles. The summed E-state index contributed by atoms with van der Waals surface area (Å²) in [5, 5.41) is 9.76. The third kappa shape index (κ3) is 39.8. The number of phosphoric ester groups is 2. The maximum atomic E-state index is 12.7. The van der Waals surface area contributed by atoms with E-state index in [-0.39, 0.29) is 12.8 Å². The number of allylic oxidation sites excluding steroid dienone is 8. The minimum absolute atomic E-state index is 0.00195. The van der Waals surface area contributed by atoms with Gasteiger partial charge in [0.05, 0.1) is 32.0 Å². The number of hydrogen-bond donors (Lipinski definition) is 4. The minimum atomic E-state index is -4.87. The zero-order valence-electron chi connectivity index (χ0n) is 38.5. The molecule has 364 valence electrons. The van der Waals surface area contributed by atoms with E-state index in [9.17, 15) is 28.7 Å². The topological polar surface area (TPSA) is 208 Å². The zero-order chi connectivity index (χ0) is 46.4. The predicted molar refractivity (Wildman–Crippen MR) is 248 cm³/mol. The molecule has 16 heteroatoms. The van der Waals surface area contributed by atoms with Crippen LogP contribution in [0.3, 0.4) is 0 Å². The number of carbonyl (C=O) groups excluding carboxylic acids is 2. The lowest BCUT2D eigenvalue weighted by Gasteiger charge is -2.20. The van der Waals surface area contributed by atoms with Gasteiger partial charge in [0.25, 0.3) is 0 Å². The maximum absolute atomic E-state index is 12.7. The first kappa shape index (κ1) is 58.8. The molecule has 0 bridgehead atoms. The van der Waals surface area contributed by atoms with Crippen LogP contribution in [0.5, 0.6) is 0 Å². The van der Waals surface area contributed by atoms with Crippen molar-refractivity contribution in [2.45, 2.75) is 193 Å². The molecule has 5 atom stereocenters. The Morgan fingerprint density at radius 2 is 1.06 bits per heavy atom. The van der Waals surface area contributed by atoms with Crippen LogP contribution in [0.1, 0.15) is 168 Å². The number of esters is 2. The van der Waals surface area contributed by atoms with Gasteiger partial charge >= 0.3 is 27.6 Å². The van der Waals surface area contributed by atoms with Gasteiger partial charge in [-0.25, -0.2) is 9.13 Å². The van der Waals surface area contributed by atoms with Crippen LogP contribution in [0.4, 0.5) is 0 Å². The smallest absolute Gasteiger partial charge is 0.462 e. The molecule has 1 aliphatic heterocycles. The highest BCUT2D eigenvalue weighted by molar-refractivity contribution is 7.47. The second-order valence-corrected chi connectivity index (χ2v) is 19.2. The number of hydrogen-bond acceptors (Lipinski definition) is 11. The van der Waals surface area contributed by atoms with E-state index in [0.717, 1.165) is 57.3 Å². The Balaban J connectivity index is 2.38. The minimum Gasteiger partial charge on any atom is -0.462 e. The fourth-order valence-electron chi connectivity index (χ4n) is 6.36. The van der Waals surface area contributed by atoms with Gasteiger partial charge in [0.15, 0.2) is 6.10 Å². The standard InChI is InChI=1S/C47H82O14P2/c1-4-5-27-33-44-45(61-44)34-29-24-20-16-12-9-10-14-18-22-26-31-36-47(50)60-43(40-59-63(54,55)58-38-42(48)37-57-62(51,52)53)39-56-46(49)35-30-25-21-17-13-8-6-7-11-15-19-23-28-32-41(2)3/h5,10,12,14,16,22,24,26-27,29,41-45,48H,4,6-9,11,13,15,17-21,23,25,28,30-40H2,1-3H3,(H,54,55)(H2,51,52,53)/b14-10-,16-12-,26-22-,27-5-,29-24-/t42-,43+,44?,45?/m0/s1. The summed E-state index contributed by atoms with van der Waals surface area (Å²) in [6.07, 6.45) is 41.3. The summed E-state index contributed by atoms with van der Waals surface area (Å²) in [5.74, 6) is -0.333. The molecule has 0 aromatic heterocycles. The van der Waals surface area contributed by atoms with Crippen molar-refractivity contribution in [3.05, 3.63) is 60.8 Å². The van der Waals surface area contributed by atoms with E-state index in [1.165, 1.54) is 64.2 Å². The lowest BCUT2D eigenvalue weighted by molar-refractivity contribution is -0.161. The van der Waals surface area contributed by atoms with Crippen LogP contribution in [0.2, 0.25) is 0 Å². The molecule has 0 amide bonds. The van der Waals surface area contributed by atoms with Crippen molar-refractivity contribution in [2.75, 3.05) is 26.4 Å². The van der Waals surface area contributed by atoms with Gasteiger partial charge in [0, 0.05) is 12.8 Å². The molecular weight excluding hydrogens is 850 g/mol. The van der Waals surface area contributed by atoms with E-state index >= 15 is 0 Å². The van der Waals surface area contributed by atoms with Crippen LogP contribution in [0, 0.1) is 5.92 Å². The molecule has 0 aliphatic carbocycles. The summed E-state index contributed by atoms with van der Waals surface area (Å²) < 4.78 is 53.5. The van der Waals surface area contributed by atoms with Crippen LogP contribution >= 0.6 is 15.6 Å². The monoisotopic (exact) mass is 933 g/mol. The van der Waals surface area contributed by atoms with Crippen molar-refractivity contribution in [1.29, 1.82) is 0 Å². The summed E-state index contributed by atoms with van der Waals surface area (Å²) in [7, 11) is -9.71. The van der Waals surface area contributed by atoms with E-state index in [0.29, 0.717) is 31.5 Å². The quantitative estimate of drug-likeness (QED) is 0.0148. The molecule has 1 rings (SSSR count). The maximum Gasteiger partial charge on any atom is 0.472 e. The summed E-state index contributed by atoms with van der Waals surface area (Å²) in [6.45, 7) is 3.89. The second kappa shape index (κ2) is 37.9. The van der Waals surface area contributed by atoms with Crippen molar-refractivity contribution >= 4 is 27.6 Å². The Morgan fingerprint density at radius 3 is 1.60 bits per heavy atom. The van der Waals surface area contributed by atoms with E-state index < -0.39 is 66.2 Å². The molecule has 0 spiro atoms. The molecule has 0 aromatic rings. The third-order valence-electron chi connectivity index (χ3n) is 10.0. The van der Waals surface area contributed by atoms with Crippen molar-refractivity contribution in [2.24, 2.45) is 5.92 Å². The highest BCUT2D eigenvalue weighted by Gasteiger charge is 2.36. The summed E-state index contributed by atoms with van der Waals surface area (Å²) in [6, 6.07) is 0. The lowest BCUT2D eigenvalue weighted by atomic mass is 10.0. The fourth-order valence-corrected chi connectivity index (χ4v) is 7.52. The van der Waals surface area contributed by atoms with Gasteiger partial charge < -0.3 is 34.0 Å². The molecule has 14 nitrogen and oxygen atoms in total. The number of epoxide rings is 1. The number of rotatable bonds is 42. The molecule has 1 heterocycles. The number of carbonyl (C=O) groups is 2. The Labute approximate surface area is 378 Å². The molecule has 63 heavy (non-hydrogen) atoms. The average molecular weight is 933 g/mol. The highest BCUT2D eigenvalue weighted by atomic mass is 31.2. The number of phosphoric acid groups is 2. The number of ether oxygens (including phenoxy) is 3. The lowest BCUT2D eigenvalue weighted by Crippen LogP contribution is -2.29. The van der Waals surface area contributed by atoms with Crippen LogP contribution in [0.25, 0.3) is 0 Å². The van der Waals surface area contributed by atoms with Crippen molar-refractivity contribution in [3.8, 4) is 0 Å². The first-order valence-corrected chi connectivity index (χ1v) is 26.5. The van der Waals surface area contributed by atoms with E-state index in [2.05, 4.69) is 72.4 Å². The molecule has 0 radical (unpaired) electrons. The fraction of sp³-hybridized carbons (Fsp3) is 0.745. The van der Waals surface area contributed by atoms with Crippen molar-refractivity contribution in [3.63, 3.8) is 0 Å². The Bertz CT molecular complexity index is 1420. The largest absolute Gasteiger partial charge is 0.472 e. The summed E-state index contributed by atoms with van der Waals surface area (Å²) in [5.41, 5.74) is 0. The number of aliphatic hydroxyl groups is 1. The van der Waals surface area contributed by atoms with Gasteiger partial charge in [0.1, 0.15) is 12.7 Å². The first-order chi connectivity index (χ1) is 30.2. The van der Waals surface area contributed by atoms with Crippen molar-refractivity contribution in [1.82, 2.24) is 0 Å². The van der Waals surface area contributed by atoms with Gasteiger partial charge in [-0.3, -0.25) is 23.2 Å². The number of unbranched alkanes of at least 4 members (excludes halogenated alkanes) is 12. The van der Waals surface area contributed by atoms with E-state index in [1.807, 2.05) is 18.2 Å². The molecule has 4 N–H and O–H groups in total. The molecule has 1 fully saturated rings. The normalized spacial score (nSPS) is 17.8. The first-order valence-electron chi connectivity index (χ1n) is 23.5. The Hall–Kier alpha value is -2.22. The van der Waals surface area contributed by atoms with Gasteiger partial charge in [-0.05, 0) is 57.3 Å². The van der Waals surface area contributed by atoms with Crippen LogP contribution < -0.4 is 0 Å². The molecule has 3 unspecified atom stereocenters. The number of aliphatic hydroxyl groups excluding tert-OH is 1. The van der Waals surface area contributed by atoms with Gasteiger partial charge in [0.2, 0.25) is 0 Å². The van der Waals surface area contributed by atoms with E-state index in [4.69, 9.17) is 28.5 Å². The van der Waals surface area contributed by atoms with Gasteiger partial charge in [-0.15, -0.1) is 0 Å². The molecular formula is C47H82O14P2. The van der Waals surface area contributed by atoms with Crippen molar-refractivity contribution < 1.29 is 66.3 Å². The highest BCUT2D eigenvalue weighted by Crippen LogP contribution is 2.44. The van der Waals surface area contributed by atoms with Gasteiger partial charge in [-0.1, -0.05) is 165 Å². The van der Waals surface area contributed by atoms with Gasteiger partial charge in [-0.2, -0.15) is 0 Å². The SMILES string of the molecule is CC/C=C\CC1OC1C/C=C\C/C=C\C/C=C\C/C=C\CCC(=O)O[C@H](COC(=O)CCCCCCCCCCCCCCCC(C)C)COP(=O)(O)OC[C@@H](O)COP(=O)(O)O. The Morgan fingerprint density at radius 1 is 0.587 bits per heavy atom. The Kier molecular flexibility index (Phi) is 35.4.